The van der Waals surface area contributed by atoms with Crippen molar-refractivity contribution in [2.45, 2.75) is 89.1 Å². The Morgan fingerprint density at radius 1 is 1.02 bits per heavy atom. The van der Waals surface area contributed by atoms with Crippen LogP contribution in [0.25, 0.3) is 0 Å². The highest BCUT2D eigenvalue weighted by atomic mass is 32.2. The van der Waals surface area contributed by atoms with Crippen molar-refractivity contribution in [1.82, 2.24) is 25.0 Å². The SMILES string of the molecule is CC(C)c1noc(N2CCC([C@H](C)CCOc3cnc(N4C[C@H](N)[C@@H](N5CCCCC5=O)C4)nc3)CC2)n1.Cc1ccc(S(=O)(=O)O)cc1. The lowest BCUT2D eigenvalue weighted by Gasteiger charge is -2.34. The van der Waals surface area contributed by atoms with Crippen LogP contribution in [0.4, 0.5) is 12.0 Å². The van der Waals surface area contributed by atoms with E-state index in [-0.39, 0.29) is 28.8 Å². The Bertz CT molecular complexity index is 1610. The number of hydrogen-bond acceptors (Lipinski definition) is 12. The monoisotopic (exact) mass is 698 g/mol. The second-order valence-corrected chi connectivity index (χ2v) is 15.1. The minimum atomic E-state index is -4.02. The molecule has 3 atom stereocenters. The van der Waals surface area contributed by atoms with Crippen LogP contribution >= 0.6 is 0 Å². The molecule has 14 nitrogen and oxygen atoms in total. The first kappa shape index (κ1) is 36.5. The van der Waals surface area contributed by atoms with Gasteiger partial charge < -0.3 is 29.7 Å². The van der Waals surface area contributed by atoms with Gasteiger partial charge in [-0.15, -0.1) is 0 Å². The smallest absolute Gasteiger partial charge is 0.324 e. The van der Waals surface area contributed by atoms with Crippen molar-refractivity contribution in [1.29, 1.82) is 0 Å². The fourth-order valence-electron chi connectivity index (χ4n) is 6.59. The lowest BCUT2D eigenvalue weighted by atomic mass is 9.84. The number of likely N-dealkylation sites (tertiary alicyclic amines) is 1. The fourth-order valence-corrected chi connectivity index (χ4v) is 7.07. The van der Waals surface area contributed by atoms with E-state index in [0.717, 1.165) is 63.1 Å². The highest BCUT2D eigenvalue weighted by Gasteiger charge is 2.38. The van der Waals surface area contributed by atoms with E-state index in [1.807, 2.05) is 11.8 Å². The van der Waals surface area contributed by atoms with Gasteiger partial charge in [0.2, 0.25) is 11.9 Å². The van der Waals surface area contributed by atoms with Crippen LogP contribution in [0, 0.1) is 18.8 Å². The molecule has 5 heterocycles. The number of nitrogens with two attached hydrogens (primary N) is 1. The van der Waals surface area contributed by atoms with Gasteiger partial charge in [0.25, 0.3) is 10.1 Å². The maximum absolute atomic E-state index is 12.4. The number of amides is 1. The molecular weight excluding hydrogens is 648 g/mol. The van der Waals surface area contributed by atoms with Crippen molar-refractivity contribution >= 4 is 28.0 Å². The number of carbonyl (C=O) groups excluding carboxylic acids is 1. The zero-order valence-corrected chi connectivity index (χ0v) is 29.8. The number of piperidine rings is 2. The highest BCUT2D eigenvalue weighted by Crippen LogP contribution is 2.30. The molecular formula is C34H50N8O6S. The largest absolute Gasteiger partial charge is 0.490 e. The number of ether oxygens (including phenoxy) is 1. The molecule has 3 aliphatic rings. The molecule has 1 aromatic carbocycles. The summed E-state index contributed by atoms with van der Waals surface area (Å²) in [7, 11) is -4.02. The highest BCUT2D eigenvalue weighted by molar-refractivity contribution is 7.85. The second-order valence-electron chi connectivity index (χ2n) is 13.7. The summed E-state index contributed by atoms with van der Waals surface area (Å²) >= 11 is 0. The second kappa shape index (κ2) is 16.3. The molecule has 0 aliphatic carbocycles. The molecule has 0 saturated carbocycles. The summed E-state index contributed by atoms with van der Waals surface area (Å²) in [5.41, 5.74) is 7.36. The van der Waals surface area contributed by atoms with Gasteiger partial charge in [-0.25, -0.2) is 9.97 Å². The number of aromatic nitrogens is 4. The molecule has 0 bridgehead atoms. The van der Waals surface area contributed by atoms with Gasteiger partial charge in [0.15, 0.2) is 11.6 Å². The Balaban J connectivity index is 0.000000363. The van der Waals surface area contributed by atoms with E-state index < -0.39 is 10.1 Å². The molecule has 3 aliphatic heterocycles. The predicted molar refractivity (Wildman–Crippen MR) is 185 cm³/mol. The molecule has 2 aromatic heterocycles. The first-order valence-electron chi connectivity index (χ1n) is 17.3. The summed E-state index contributed by atoms with van der Waals surface area (Å²) in [5.74, 6) is 3.80. The van der Waals surface area contributed by atoms with Crippen LogP contribution in [0.3, 0.4) is 0 Å². The average Bonchev–Trinajstić information content (AvgIpc) is 3.73. The maximum Gasteiger partial charge on any atom is 0.324 e. The molecule has 268 valence electrons. The van der Waals surface area contributed by atoms with Gasteiger partial charge in [0.05, 0.1) is 29.9 Å². The van der Waals surface area contributed by atoms with Gasteiger partial charge in [0, 0.05) is 51.1 Å². The summed E-state index contributed by atoms with van der Waals surface area (Å²) in [4.78, 5) is 32.1. The van der Waals surface area contributed by atoms with Crippen molar-refractivity contribution in [2.75, 3.05) is 49.1 Å². The van der Waals surface area contributed by atoms with E-state index in [2.05, 4.69) is 50.7 Å². The number of hydrogen-bond donors (Lipinski definition) is 2. The summed E-state index contributed by atoms with van der Waals surface area (Å²) in [6.07, 6.45) is 9.35. The normalized spacial score (nSPS) is 21.1. The quantitative estimate of drug-likeness (QED) is 0.290. The van der Waals surface area contributed by atoms with Crippen molar-refractivity contribution < 1.29 is 27.0 Å². The summed E-state index contributed by atoms with van der Waals surface area (Å²) < 4.78 is 41.0. The van der Waals surface area contributed by atoms with Crippen LogP contribution in [-0.2, 0) is 14.9 Å². The van der Waals surface area contributed by atoms with Gasteiger partial charge in [0.1, 0.15) is 0 Å². The molecule has 1 amide bonds. The summed E-state index contributed by atoms with van der Waals surface area (Å²) in [6.45, 7) is 12.9. The molecule has 15 heteroatoms. The first-order valence-corrected chi connectivity index (χ1v) is 18.7. The number of nitrogens with zero attached hydrogens (tertiary/aromatic N) is 7. The summed E-state index contributed by atoms with van der Waals surface area (Å²) in [6, 6.07) is 6.58. The Morgan fingerprint density at radius 3 is 2.33 bits per heavy atom. The van der Waals surface area contributed by atoms with Crippen molar-refractivity contribution in [3.05, 3.63) is 48.0 Å². The first-order chi connectivity index (χ1) is 23.4. The third-order valence-corrected chi connectivity index (χ3v) is 10.6. The van der Waals surface area contributed by atoms with Crippen LogP contribution < -0.4 is 20.3 Å². The molecule has 0 unspecified atom stereocenters. The molecule has 6 rings (SSSR count). The topological polar surface area (TPSA) is 181 Å². The average molecular weight is 699 g/mol. The van der Waals surface area contributed by atoms with Crippen LogP contribution in [0.2, 0.25) is 0 Å². The minimum Gasteiger partial charge on any atom is -0.490 e. The van der Waals surface area contributed by atoms with E-state index >= 15 is 0 Å². The van der Waals surface area contributed by atoms with Crippen molar-refractivity contribution in [3.63, 3.8) is 0 Å². The number of carbonyl (C=O) groups is 1. The third kappa shape index (κ3) is 9.67. The van der Waals surface area contributed by atoms with Gasteiger partial charge in [-0.05, 0) is 63.0 Å². The molecule has 0 spiro atoms. The third-order valence-electron chi connectivity index (χ3n) is 9.71. The zero-order valence-electron chi connectivity index (χ0n) is 28.9. The van der Waals surface area contributed by atoms with Crippen LogP contribution in [0.15, 0.2) is 46.1 Å². The van der Waals surface area contributed by atoms with Crippen molar-refractivity contribution in [2.24, 2.45) is 17.6 Å². The number of benzene rings is 1. The Morgan fingerprint density at radius 2 is 1.71 bits per heavy atom. The lowest BCUT2D eigenvalue weighted by molar-refractivity contribution is -0.135. The molecule has 3 fully saturated rings. The van der Waals surface area contributed by atoms with Crippen LogP contribution in [0.5, 0.6) is 5.75 Å². The van der Waals surface area contributed by atoms with Crippen LogP contribution in [-0.4, -0.2) is 95.3 Å². The van der Waals surface area contributed by atoms with Crippen molar-refractivity contribution in [3.8, 4) is 5.75 Å². The molecule has 0 radical (unpaired) electrons. The lowest BCUT2D eigenvalue weighted by Crippen LogP contribution is -2.51. The number of rotatable bonds is 10. The maximum atomic E-state index is 12.4. The predicted octanol–water partition coefficient (Wildman–Crippen LogP) is 4.07. The minimum absolute atomic E-state index is 0.0280. The van der Waals surface area contributed by atoms with E-state index in [0.29, 0.717) is 55.7 Å². The fraction of sp³-hybridized carbons (Fsp3) is 0.618. The van der Waals surface area contributed by atoms with E-state index in [1.165, 1.54) is 12.1 Å². The van der Waals surface area contributed by atoms with Crippen LogP contribution in [0.1, 0.15) is 76.6 Å². The Labute approximate surface area is 289 Å². The standard InChI is InChI=1S/C27H42N8O3.C7H8O3S/c1-18(2)25-31-27(38-32-25)33-11-7-20(8-12-33)19(3)9-13-37-21-14-29-26(30-15-21)34-16-22(28)23(17-34)35-10-5-4-6-24(35)36;1-6-2-4-7(5-3-6)11(8,9)10/h14-15,18-20,22-23H,4-13,16-17,28H2,1-3H3;2-5H,1H3,(H,8,9,10)/t19-,22+,23+;/m1./s1. The Kier molecular flexibility index (Phi) is 12.1. The molecule has 3 aromatic rings. The summed E-state index contributed by atoms with van der Waals surface area (Å²) in [5, 5.41) is 4.09. The van der Waals surface area contributed by atoms with Gasteiger partial charge in [-0.2, -0.15) is 13.4 Å². The van der Waals surface area contributed by atoms with Gasteiger partial charge in [-0.3, -0.25) is 9.35 Å². The number of anilines is 2. The number of aryl methyl sites for hydroxylation is 1. The van der Waals surface area contributed by atoms with Gasteiger partial charge >= 0.3 is 6.01 Å². The molecule has 3 saturated heterocycles. The zero-order chi connectivity index (χ0) is 35.1. The van der Waals surface area contributed by atoms with E-state index in [4.69, 9.17) is 19.5 Å². The van der Waals surface area contributed by atoms with E-state index in [1.54, 1.807) is 24.5 Å². The molecule has 3 N–H and O–H groups in total. The molecule has 49 heavy (non-hydrogen) atoms. The van der Waals surface area contributed by atoms with Gasteiger partial charge in [-0.1, -0.05) is 43.6 Å². The Hall–Kier alpha value is -3.82. The van der Waals surface area contributed by atoms with E-state index in [9.17, 15) is 13.2 Å².